The van der Waals surface area contributed by atoms with Crippen molar-refractivity contribution in [2.24, 2.45) is 0 Å². The quantitative estimate of drug-likeness (QED) is 0.448. The second kappa shape index (κ2) is 5.61. The second-order valence-electron chi connectivity index (χ2n) is 4.14. The fraction of sp³-hybridized carbons (Fsp3) is 0.308. The van der Waals surface area contributed by atoms with Crippen molar-refractivity contribution in [2.75, 3.05) is 0 Å². The number of rotatable bonds is 5. The molecule has 0 aliphatic rings. The molecular formula is C13H16O4. The summed E-state index contributed by atoms with van der Waals surface area (Å²) in [5.41, 5.74) is 0.531. The predicted octanol–water partition coefficient (Wildman–Crippen LogP) is 2.98. The van der Waals surface area contributed by atoms with Gasteiger partial charge in [0.2, 0.25) is 0 Å². The summed E-state index contributed by atoms with van der Waals surface area (Å²) in [5.74, 6) is -0.594. The fourth-order valence-electron chi connectivity index (χ4n) is 1.02. The molecule has 0 aliphatic carbocycles. The number of carbonyl (C=O) groups excluding carboxylic acids is 1. The Balaban J connectivity index is 2.52. The molecule has 1 aromatic rings. The topological polar surface area (TPSA) is 44.8 Å². The lowest BCUT2D eigenvalue weighted by molar-refractivity contribution is -0.506. The van der Waals surface area contributed by atoms with Crippen LogP contribution < -0.4 is 0 Å². The highest BCUT2D eigenvalue weighted by atomic mass is 17.5. The number of hydrogen-bond acceptors (Lipinski definition) is 4. The summed E-state index contributed by atoms with van der Waals surface area (Å²) >= 11 is 0. The molecule has 0 fully saturated rings. The molecule has 4 heteroatoms. The van der Waals surface area contributed by atoms with Crippen molar-refractivity contribution >= 4 is 5.97 Å². The normalized spacial score (nSPS) is 11.0. The maximum absolute atomic E-state index is 11.6. The van der Waals surface area contributed by atoms with Crippen LogP contribution in [0.3, 0.4) is 0 Å². The second-order valence-corrected chi connectivity index (χ2v) is 4.14. The van der Waals surface area contributed by atoms with Crippen LogP contribution in [-0.2, 0) is 14.8 Å². The van der Waals surface area contributed by atoms with E-state index in [9.17, 15) is 4.79 Å². The Hall–Kier alpha value is -1.65. The maximum atomic E-state index is 11.6. The number of aryl methyl sites for hydroxylation is 1. The van der Waals surface area contributed by atoms with Gasteiger partial charge in [0.15, 0.2) is 0 Å². The molecule has 0 saturated carbocycles. The van der Waals surface area contributed by atoms with Gasteiger partial charge in [-0.3, -0.25) is 4.89 Å². The molecule has 0 unspecified atom stereocenters. The van der Waals surface area contributed by atoms with E-state index in [1.165, 1.54) is 6.08 Å². The van der Waals surface area contributed by atoms with Crippen LogP contribution in [0.25, 0.3) is 0 Å². The van der Waals surface area contributed by atoms with Gasteiger partial charge in [0.25, 0.3) is 0 Å². The van der Waals surface area contributed by atoms with Crippen LogP contribution >= 0.6 is 0 Å². The van der Waals surface area contributed by atoms with Gasteiger partial charge in [0.05, 0.1) is 5.56 Å². The first-order valence-electron chi connectivity index (χ1n) is 5.22. The van der Waals surface area contributed by atoms with Gasteiger partial charge in [-0.2, -0.15) is 4.89 Å². The van der Waals surface area contributed by atoms with Crippen LogP contribution in [-0.4, -0.2) is 11.6 Å². The first kappa shape index (κ1) is 13.4. The highest BCUT2D eigenvalue weighted by molar-refractivity contribution is 5.90. The monoisotopic (exact) mass is 236 g/mol. The van der Waals surface area contributed by atoms with E-state index < -0.39 is 11.6 Å². The Kier molecular flexibility index (Phi) is 4.43. The van der Waals surface area contributed by atoms with Crippen LogP contribution in [0.4, 0.5) is 0 Å². The minimum atomic E-state index is -0.716. The van der Waals surface area contributed by atoms with E-state index in [0.717, 1.165) is 5.56 Å². The van der Waals surface area contributed by atoms with Crippen LogP contribution in [0.5, 0.6) is 0 Å². The Bertz CT molecular complexity index is 410. The fourth-order valence-corrected chi connectivity index (χ4v) is 1.02. The lowest BCUT2D eigenvalue weighted by Crippen LogP contribution is -2.22. The number of carbonyl (C=O) groups is 1. The van der Waals surface area contributed by atoms with E-state index in [0.29, 0.717) is 5.56 Å². The van der Waals surface area contributed by atoms with Crippen LogP contribution in [0, 0.1) is 6.92 Å². The molecule has 0 aliphatic heterocycles. The number of benzene rings is 1. The Morgan fingerprint density at radius 2 is 2.00 bits per heavy atom. The maximum Gasteiger partial charge on any atom is 0.376 e. The third-order valence-corrected chi connectivity index (χ3v) is 2.22. The summed E-state index contributed by atoms with van der Waals surface area (Å²) in [7, 11) is 0. The van der Waals surface area contributed by atoms with Crippen LogP contribution in [0.2, 0.25) is 0 Å². The molecule has 0 aromatic heterocycles. The van der Waals surface area contributed by atoms with Crippen molar-refractivity contribution in [2.45, 2.75) is 26.4 Å². The largest absolute Gasteiger partial charge is 0.376 e. The Labute approximate surface area is 101 Å². The standard InChI is InChI=1S/C13H16O4/c1-5-13(3,4)16-17-15-12(14)11-9-7-6-8-10(11)2/h5-9H,1H2,2-4H3. The van der Waals surface area contributed by atoms with Crippen molar-refractivity contribution in [1.29, 1.82) is 0 Å². The Morgan fingerprint density at radius 1 is 1.35 bits per heavy atom. The van der Waals surface area contributed by atoms with Crippen molar-refractivity contribution < 1.29 is 19.6 Å². The zero-order valence-electron chi connectivity index (χ0n) is 10.2. The first-order valence-corrected chi connectivity index (χ1v) is 5.22. The molecule has 92 valence electrons. The minimum Gasteiger partial charge on any atom is -0.263 e. The van der Waals surface area contributed by atoms with Crippen molar-refractivity contribution in [1.82, 2.24) is 0 Å². The molecule has 0 bridgehead atoms. The van der Waals surface area contributed by atoms with E-state index >= 15 is 0 Å². The van der Waals surface area contributed by atoms with E-state index in [1.807, 2.05) is 19.1 Å². The predicted molar refractivity (Wildman–Crippen MR) is 63.0 cm³/mol. The molecule has 17 heavy (non-hydrogen) atoms. The van der Waals surface area contributed by atoms with Gasteiger partial charge in [-0.25, -0.2) is 4.79 Å². The molecule has 1 aromatic carbocycles. The molecule has 0 atom stereocenters. The lowest BCUT2D eigenvalue weighted by atomic mass is 10.1. The molecule has 0 spiro atoms. The van der Waals surface area contributed by atoms with Crippen molar-refractivity contribution in [3.05, 3.63) is 48.0 Å². The highest BCUT2D eigenvalue weighted by Crippen LogP contribution is 2.12. The molecule has 0 heterocycles. The van der Waals surface area contributed by atoms with E-state index in [2.05, 4.69) is 16.5 Å². The van der Waals surface area contributed by atoms with Gasteiger partial charge in [-0.1, -0.05) is 24.3 Å². The Morgan fingerprint density at radius 3 is 2.59 bits per heavy atom. The molecule has 0 N–H and O–H groups in total. The summed E-state index contributed by atoms with van der Waals surface area (Å²) in [6, 6.07) is 7.05. The zero-order chi connectivity index (χ0) is 12.9. The number of hydrogen-bond donors (Lipinski definition) is 0. The summed E-state index contributed by atoms with van der Waals surface area (Å²) in [6.45, 7) is 8.82. The molecule has 1 rings (SSSR count). The lowest BCUT2D eigenvalue weighted by Gasteiger charge is -2.16. The van der Waals surface area contributed by atoms with Crippen LogP contribution in [0.15, 0.2) is 36.9 Å². The summed E-state index contributed by atoms with van der Waals surface area (Å²) in [6.07, 6.45) is 1.54. The zero-order valence-corrected chi connectivity index (χ0v) is 10.2. The average Bonchev–Trinajstić information content (AvgIpc) is 2.29. The van der Waals surface area contributed by atoms with E-state index in [4.69, 9.17) is 4.89 Å². The third-order valence-electron chi connectivity index (χ3n) is 2.22. The molecular weight excluding hydrogens is 220 g/mol. The first-order chi connectivity index (χ1) is 7.96. The third kappa shape index (κ3) is 4.01. The molecule has 0 saturated heterocycles. The van der Waals surface area contributed by atoms with Crippen molar-refractivity contribution in [3.8, 4) is 0 Å². The van der Waals surface area contributed by atoms with Crippen LogP contribution in [0.1, 0.15) is 29.8 Å². The van der Waals surface area contributed by atoms with Gasteiger partial charge in [-0.05, 0) is 37.4 Å². The van der Waals surface area contributed by atoms with Gasteiger partial charge in [-0.15, -0.1) is 6.58 Å². The SMILES string of the molecule is C=CC(C)(C)OOOC(=O)c1ccccc1C. The molecule has 4 nitrogen and oxygen atoms in total. The average molecular weight is 236 g/mol. The summed E-state index contributed by atoms with van der Waals surface area (Å²) < 4.78 is 0. The van der Waals surface area contributed by atoms with E-state index in [-0.39, 0.29) is 0 Å². The summed E-state index contributed by atoms with van der Waals surface area (Å²) in [5, 5.41) is 4.44. The van der Waals surface area contributed by atoms with Gasteiger partial charge < -0.3 is 0 Å². The summed E-state index contributed by atoms with van der Waals surface area (Å²) in [4.78, 5) is 21.0. The van der Waals surface area contributed by atoms with Crippen molar-refractivity contribution in [3.63, 3.8) is 0 Å². The van der Waals surface area contributed by atoms with E-state index in [1.54, 1.807) is 26.0 Å². The smallest absolute Gasteiger partial charge is 0.263 e. The van der Waals surface area contributed by atoms with Gasteiger partial charge in [0, 0.05) is 0 Å². The van der Waals surface area contributed by atoms with Gasteiger partial charge >= 0.3 is 5.97 Å². The molecule has 0 amide bonds. The minimum absolute atomic E-state index is 0.438. The highest BCUT2D eigenvalue weighted by Gasteiger charge is 2.17. The molecule has 0 radical (unpaired) electrons. The van der Waals surface area contributed by atoms with Gasteiger partial charge in [0.1, 0.15) is 5.60 Å².